The third-order valence-electron chi connectivity index (χ3n) is 4.09. The van der Waals surface area contributed by atoms with Crippen LogP contribution in [0.3, 0.4) is 0 Å². The summed E-state index contributed by atoms with van der Waals surface area (Å²) in [5, 5.41) is 9.31. The molecule has 0 spiro atoms. The summed E-state index contributed by atoms with van der Waals surface area (Å²) in [6.45, 7) is -0.293. The van der Waals surface area contributed by atoms with Gasteiger partial charge in [0.25, 0.3) is 0 Å². The Morgan fingerprint density at radius 3 is 2.52 bits per heavy atom. The Kier molecular flexibility index (Phi) is 3.71. The molecule has 0 bridgehead atoms. The van der Waals surface area contributed by atoms with Crippen molar-refractivity contribution in [2.45, 2.75) is 19.3 Å². The van der Waals surface area contributed by atoms with Crippen LogP contribution in [0.4, 0.5) is 5.69 Å². The molecule has 1 aromatic rings. The molecular formula is C16H14ClNO3. The van der Waals surface area contributed by atoms with Gasteiger partial charge in [0.05, 0.1) is 23.1 Å². The molecule has 2 aliphatic rings. The molecule has 108 valence electrons. The summed E-state index contributed by atoms with van der Waals surface area (Å²) in [5.74, 6) is 4.63. The molecule has 2 amide bonds. The number of aliphatic hydroxyl groups excluding tert-OH is 1. The summed E-state index contributed by atoms with van der Waals surface area (Å²) in [7, 11) is 0. The van der Waals surface area contributed by atoms with Crippen molar-refractivity contribution in [3.8, 4) is 11.8 Å². The van der Waals surface area contributed by atoms with Crippen molar-refractivity contribution in [1.29, 1.82) is 0 Å². The number of hydrogen-bond donors (Lipinski definition) is 1. The number of carbonyl (C=O) groups excluding carboxylic acids is 2. The van der Waals surface area contributed by atoms with Crippen LogP contribution < -0.4 is 4.90 Å². The lowest BCUT2D eigenvalue weighted by Crippen LogP contribution is -2.32. The first-order valence-electron chi connectivity index (χ1n) is 6.90. The predicted octanol–water partition coefficient (Wildman–Crippen LogP) is 1.97. The van der Waals surface area contributed by atoms with Crippen LogP contribution in [0.5, 0.6) is 0 Å². The maximum atomic E-state index is 12.5. The number of carbonyl (C=O) groups is 2. The highest BCUT2D eigenvalue weighted by Crippen LogP contribution is 2.42. The van der Waals surface area contributed by atoms with Crippen LogP contribution in [0.2, 0.25) is 5.02 Å². The zero-order valence-electron chi connectivity index (χ0n) is 11.3. The molecule has 3 rings (SSSR count). The normalized spacial score (nSPS) is 24.0. The Hall–Kier alpha value is -1.83. The van der Waals surface area contributed by atoms with Crippen molar-refractivity contribution in [3.05, 3.63) is 28.8 Å². The molecule has 1 saturated carbocycles. The fourth-order valence-electron chi connectivity index (χ4n) is 3.17. The van der Waals surface area contributed by atoms with Crippen molar-refractivity contribution in [1.82, 2.24) is 0 Å². The number of benzene rings is 1. The molecule has 5 heteroatoms. The second kappa shape index (κ2) is 5.51. The van der Waals surface area contributed by atoms with Crippen molar-refractivity contribution in [2.75, 3.05) is 11.5 Å². The maximum absolute atomic E-state index is 12.5. The first-order valence-corrected chi connectivity index (χ1v) is 7.28. The van der Waals surface area contributed by atoms with Gasteiger partial charge in [-0.3, -0.25) is 9.59 Å². The van der Waals surface area contributed by atoms with Crippen LogP contribution in [-0.4, -0.2) is 23.5 Å². The molecule has 1 heterocycles. The molecule has 1 N–H and O–H groups in total. The van der Waals surface area contributed by atoms with Crippen LogP contribution in [0.25, 0.3) is 0 Å². The third kappa shape index (κ3) is 2.33. The van der Waals surface area contributed by atoms with Gasteiger partial charge in [-0.25, -0.2) is 4.90 Å². The highest BCUT2D eigenvalue weighted by atomic mass is 35.5. The van der Waals surface area contributed by atoms with Gasteiger partial charge in [-0.15, -0.1) is 0 Å². The number of anilines is 1. The van der Waals surface area contributed by atoms with Crippen molar-refractivity contribution >= 4 is 29.1 Å². The van der Waals surface area contributed by atoms with Crippen LogP contribution >= 0.6 is 11.6 Å². The Morgan fingerprint density at radius 1 is 1.24 bits per heavy atom. The smallest absolute Gasteiger partial charge is 0.237 e. The lowest BCUT2D eigenvalue weighted by molar-refractivity contribution is -0.122. The average molecular weight is 304 g/mol. The lowest BCUT2D eigenvalue weighted by Gasteiger charge is -2.17. The van der Waals surface area contributed by atoms with Crippen LogP contribution in [0.1, 0.15) is 24.8 Å². The number of aliphatic hydroxyl groups is 1. The molecule has 1 saturated heterocycles. The van der Waals surface area contributed by atoms with E-state index in [0.717, 1.165) is 19.3 Å². The molecule has 2 fully saturated rings. The number of imide groups is 1. The van der Waals surface area contributed by atoms with Gasteiger partial charge in [-0.2, -0.15) is 0 Å². The number of halogens is 1. The van der Waals surface area contributed by atoms with Gasteiger partial charge in [0.2, 0.25) is 11.8 Å². The Bertz CT molecular complexity index is 652. The van der Waals surface area contributed by atoms with E-state index in [2.05, 4.69) is 11.8 Å². The van der Waals surface area contributed by atoms with Gasteiger partial charge in [0.1, 0.15) is 6.61 Å². The van der Waals surface area contributed by atoms with Crippen molar-refractivity contribution in [2.24, 2.45) is 11.8 Å². The van der Waals surface area contributed by atoms with Crippen LogP contribution in [0, 0.1) is 23.7 Å². The molecule has 1 aromatic carbocycles. The zero-order chi connectivity index (χ0) is 15.0. The van der Waals surface area contributed by atoms with Gasteiger partial charge in [0.15, 0.2) is 0 Å². The van der Waals surface area contributed by atoms with E-state index in [9.17, 15) is 9.59 Å². The topological polar surface area (TPSA) is 57.6 Å². The molecule has 21 heavy (non-hydrogen) atoms. The minimum absolute atomic E-state index is 0.142. The van der Waals surface area contributed by atoms with Crippen molar-refractivity contribution in [3.63, 3.8) is 0 Å². The van der Waals surface area contributed by atoms with Gasteiger partial charge >= 0.3 is 0 Å². The molecule has 0 radical (unpaired) electrons. The van der Waals surface area contributed by atoms with E-state index in [4.69, 9.17) is 16.7 Å². The first kappa shape index (κ1) is 14.1. The Labute approximate surface area is 127 Å². The molecule has 1 aliphatic heterocycles. The highest BCUT2D eigenvalue weighted by molar-refractivity contribution is 6.31. The largest absolute Gasteiger partial charge is 0.384 e. The Morgan fingerprint density at radius 2 is 1.90 bits per heavy atom. The number of rotatable bonds is 1. The summed E-state index contributed by atoms with van der Waals surface area (Å²) in [4.78, 5) is 26.2. The Balaban J connectivity index is 2.04. The standard InChI is InChI=1S/C16H14ClNO3/c17-11-6-7-14(10(9-11)3-2-8-19)18-15(20)12-4-1-5-13(12)16(18)21/h6-7,9,12-13,19H,1,4-5,8H2. The van der Waals surface area contributed by atoms with Crippen LogP contribution in [0.15, 0.2) is 18.2 Å². The summed E-state index contributed by atoms with van der Waals surface area (Å²) >= 11 is 5.95. The summed E-state index contributed by atoms with van der Waals surface area (Å²) in [6.07, 6.45) is 2.48. The predicted molar refractivity (Wildman–Crippen MR) is 78.7 cm³/mol. The van der Waals surface area contributed by atoms with E-state index >= 15 is 0 Å². The molecule has 0 aromatic heterocycles. The maximum Gasteiger partial charge on any atom is 0.237 e. The summed E-state index contributed by atoms with van der Waals surface area (Å²) < 4.78 is 0. The molecular weight excluding hydrogens is 290 g/mol. The SMILES string of the molecule is O=C1C2CCCC2C(=O)N1c1ccc(Cl)cc1C#CCO. The van der Waals surface area contributed by atoms with E-state index in [0.29, 0.717) is 16.3 Å². The fourth-order valence-corrected chi connectivity index (χ4v) is 3.34. The van der Waals surface area contributed by atoms with Crippen molar-refractivity contribution < 1.29 is 14.7 Å². The second-order valence-corrected chi connectivity index (χ2v) is 5.71. The minimum atomic E-state index is -0.293. The number of fused-ring (bicyclic) bond motifs is 1. The first-order chi connectivity index (χ1) is 10.1. The van der Waals surface area contributed by atoms with E-state index in [-0.39, 0.29) is 30.3 Å². The highest BCUT2D eigenvalue weighted by Gasteiger charge is 2.50. The summed E-state index contributed by atoms with van der Waals surface area (Å²) in [6, 6.07) is 4.88. The third-order valence-corrected chi connectivity index (χ3v) is 4.33. The molecule has 2 atom stereocenters. The molecule has 1 aliphatic carbocycles. The second-order valence-electron chi connectivity index (χ2n) is 5.28. The number of hydrogen-bond acceptors (Lipinski definition) is 3. The van der Waals surface area contributed by atoms with E-state index in [1.54, 1.807) is 18.2 Å². The number of amides is 2. The number of nitrogens with zero attached hydrogens (tertiary/aromatic N) is 1. The minimum Gasteiger partial charge on any atom is -0.384 e. The molecule has 2 unspecified atom stereocenters. The quantitative estimate of drug-likeness (QED) is 0.637. The molecule has 4 nitrogen and oxygen atoms in total. The van der Waals surface area contributed by atoms with Gasteiger partial charge in [0, 0.05) is 5.02 Å². The zero-order valence-corrected chi connectivity index (χ0v) is 12.1. The van der Waals surface area contributed by atoms with Gasteiger partial charge < -0.3 is 5.11 Å². The van der Waals surface area contributed by atoms with Gasteiger partial charge in [-0.1, -0.05) is 29.9 Å². The van der Waals surface area contributed by atoms with E-state index < -0.39 is 0 Å². The summed E-state index contributed by atoms with van der Waals surface area (Å²) in [5.41, 5.74) is 0.947. The van der Waals surface area contributed by atoms with E-state index in [1.165, 1.54) is 4.90 Å². The van der Waals surface area contributed by atoms with Crippen LogP contribution in [-0.2, 0) is 9.59 Å². The average Bonchev–Trinajstić information content (AvgIpc) is 3.03. The van der Waals surface area contributed by atoms with Gasteiger partial charge in [-0.05, 0) is 31.0 Å². The fraction of sp³-hybridized carbons (Fsp3) is 0.375. The van der Waals surface area contributed by atoms with E-state index in [1.807, 2.05) is 0 Å². The monoisotopic (exact) mass is 303 g/mol. The lowest BCUT2D eigenvalue weighted by atomic mass is 10.00.